The zero-order chi connectivity index (χ0) is 25.8. The largest absolute Gasteiger partial charge is 0.489 e. The van der Waals surface area contributed by atoms with Gasteiger partial charge in [0.25, 0.3) is 0 Å². The van der Waals surface area contributed by atoms with Crippen molar-refractivity contribution in [2.75, 3.05) is 6.61 Å². The highest BCUT2D eigenvalue weighted by atomic mass is 32.2. The Morgan fingerprint density at radius 2 is 1.73 bits per heavy atom. The molecule has 2 N–H and O–H groups in total. The van der Waals surface area contributed by atoms with Gasteiger partial charge in [0.15, 0.2) is 5.17 Å². The summed E-state index contributed by atoms with van der Waals surface area (Å²) in [6.07, 6.45) is 0. The molecule has 5 rings (SSSR count). The first-order chi connectivity index (χ1) is 18.1. The van der Waals surface area contributed by atoms with Crippen molar-refractivity contribution in [1.82, 2.24) is 4.90 Å². The van der Waals surface area contributed by atoms with E-state index in [0.29, 0.717) is 33.7 Å². The van der Waals surface area contributed by atoms with Gasteiger partial charge in [0.1, 0.15) is 29.2 Å². The van der Waals surface area contributed by atoms with Gasteiger partial charge in [-0.15, -0.1) is 0 Å². The SMILES string of the molecule is CCOC(=O)C1=C(c2ccccc2)N=C2SC(C#N)=C(N)N2[C@H]1c1ccc(OCc2ccccc2)cc1. The Labute approximate surface area is 219 Å². The number of ether oxygens (including phenoxy) is 2. The van der Waals surface area contributed by atoms with E-state index in [4.69, 9.17) is 20.2 Å². The van der Waals surface area contributed by atoms with Gasteiger partial charge < -0.3 is 15.2 Å². The van der Waals surface area contributed by atoms with Crippen LogP contribution in [-0.4, -0.2) is 22.6 Å². The number of allylic oxidation sites excluding steroid dienone is 1. The van der Waals surface area contributed by atoms with Crippen molar-refractivity contribution in [3.63, 3.8) is 0 Å². The molecular formula is C29H24N4O3S. The lowest BCUT2D eigenvalue weighted by Crippen LogP contribution is -2.38. The zero-order valence-corrected chi connectivity index (χ0v) is 20.9. The molecule has 8 heteroatoms. The van der Waals surface area contributed by atoms with Crippen LogP contribution < -0.4 is 10.5 Å². The lowest BCUT2D eigenvalue weighted by atomic mass is 9.92. The normalized spacial score (nSPS) is 16.7. The standard InChI is InChI=1S/C29H24N4O3S/c1-2-35-28(34)24-25(20-11-7-4-8-12-20)32-29-33(27(31)23(17-30)37-29)26(24)21-13-15-22(16-14-21)36-18-19-9-5-3-6-10-19/h3-16,26H,2,18,31H2,1H3/t26-/m0/s1. The van der Waals surface area contributed by atoms with Gasteiger partial charge in [-0.3, -0.25) is 4.90 Å². The van der Waals surface area contributed by atoms with Crippen molar-refractivity contribution in [2.45, 2.75) is 19.6 Å². The van der Waals surface area contributed by atoms with E-state index in [-0.39, 0.29) is 12.4 Å². The van der Waals surface area contributed by atoms with Gasteiger partial charge in [-0.1, -0.05) is 72.8 Å². The molecule has 0 bridgehead atoms. The van der Waals surface area contributed by atoms with Gasteiger partial charge in [-0.2, -0.15) is 5.26 Å². The lowest BCUT2D eigenvalue weighted by molar-refractivity contribution is -0.139. The third-order valence-corrected chi connectivity index (χ3v) is 6.95. The van der Waals surface area contributed by atoms with Crippen molar-refractivity contribution in [1.29, 1.82) is 5.26 Å². The van der Waals surface area contributed by atoms with E-state index < -0.39 is 12.0 Å². The maximum absolute atomic E-state index is 13.4. The fourth-order valence-electron chi connectivity index (χ4n) is 4.26. The van der Waals surface area contributed by atoms with Crippen molar-refractivity contribution in [3.8, 4) is 11.8 Å². The van der Waals surface area contributed by atoms with Crippen molar-refractivity contribution < 1.29 is 14.3 Å². The van der Waals surface area contributed by atoms with Crippen LogP contribution >= 0.6 is 11.8 Å². The van der Waals surface area contributed by atoms with Gasteiger partial charge in [-0.25, -0.2) is 9.79 Å². The van der Waals surface area contributed by atoms with Crippen LogP contribution in [0.1, 0.15) is 29.7 Å². The first-order valence-corrected chi connectivity index (χ1v) is 12.6. The minimum absolute atomic E-state index is 0.212. The predicted octanol–water partition coefficient (Wildman–Crippen LogP) is 5.35. The number of nitriles is 1. The molecule has 0 fully saturated rings. The number of amidine groups is 1. The molecule has 2 heterocycles. The molecule has 37 heavy (non-hydrogen) atoms. The topological polar surface area (TPSA) is 101 Å². The van der Waals surface area contributed by atoms with Gasteiger partial charge in [-0.05, 0) is 41.9 Å². The van der Waals surface area contributed by atoms with Crippen LogP contribution in [0.15, 0.2) is 106 Å². The van der Waals surface area contributed by atoms with Gasteiger partial charge in [0.2, 0.25) is 0 Å². The van der Waals surface area contributed by atoms with Gasteiger partial charge in [0, 0.05) is 5.56 Å². The zero-order valence-electron chi connectivity index (χ0n) is 20.1. The number of thioether (sulfide) groups is 1. The summed E-state index contributed by atoms with van der Waals surface area (Å²) in [5.74, 6) is 0.468. The maximum Gasteiger partial charge on any atom is 0.338 e. The molecule has 0 aliphatic carbocycles. The minimum atomic E-state index is -0.636. The molecule has 2 aliphatic heterocycles. The van der Waals surface area contributed by atoms with Crippen molar-refractivity contribution in [2.24, 2.45) is 10.7 Å². The summed E-state index contributed by atoms with van der Waals surface area (Å²) in [5.41, 5.74) is 9.90. The molecule has 0 amide bonds. The molecule has 0 saturated heterocycles. The first-order valence-electron chi connectivity index (χ1n) is 11.8. The summed E-state index contributed by atoms with van der Waals surface area (Å²) in [6, 6.07) is 28.4. The van der Waals surface area contributed by atoms with E-state index >= 15 is 0 Å². The number of benzene rings is 3. The summed E-state index contributed by atoms with van der Waals surface area (Å²) < 4.78 is 11.4. The fraction of sp³-hybridized carbons (Fsp3) is 0.138. The quantitative estimate of drug-likeness (QED) is 0.429. The molecule has 3 aromatic carbocycles. The highest BCUT2D eigenvalue weighted by Gasteiger charge is 2.43. The Kier molecular flexibility index (Phi) is 6.97. The number of fused-ring (bicyclic) bond motifs is 1. The van der Waals surface area contributed by atoms with Crippen molar-refractivity contribution in [3.05, 3.63) is 118 Å². The molecule has 184 valence electrons. The second kappa shape index (κ2) is 10.6. The van der Waals surface area contributed by atoms with Crippen LogP contribution in [0.3, 0.4) is 0 Å². The summed E-state index contributed by atoms with van der Waals surface area (Å²) >= 11 is 1.19. The van der Waals surface area contributed by atoms with Crippen molar-refractivity contribution >= 4 is 28.6 Å². The minimum Gasteiger partial charge on any atom is -0.489 e. The Balaban J connectivity index is 1.58. The Bertz CT molecular complexity index is 1440. The van der Waals surface area contributed by atoms with Crippen LogP contribution in [0.2, 0.25) is 0 Å². The molecule has 0 unspecified atom stereocenters. The second-order valence-corrected chi connectivity index (χ2v) is 9.26. The molecule has 2 aliphatic rings. The second-order valence-electron chi connectivity index (χ2n) is 8.29. The number of carbonyl (C=O) groups excluding carboxylic acids is 1. The lowest BCUT2D eigenvalue weighted by Gasteiger charge is -2.35. The van der Waals surface area contributed by atoms with Gasteiger partial charge >= 0.3 is 5.97 Å². The van der Waals surface area contributed by atoms with E-state index in [1.165, 1.54) is 11.8 Å². The Hall–Kier alpha value is -4.48. The average Bonchev–Trinajstić information content (AvgIpc) is 3.27. The van der Waals surface area contributed by atoms with Gasteiger partial charge in [0.05, 0.1) is 23.9 Å². The number of esters is 1. The predicted molar refractivity (Wildman–Crippen MR) is 144 cm³/mol. The third-order valence-electron chi connectivity index (χ3n) is 5.97. The van der Waals surface area contributed by atoms with Crippen LogP contribution in [0.4, 0.5) is 0 Å². The molecular weight excluding hydrogens is 484 g/mol. The first kappa shape index (κ1) is 24.2. The highest BCUT2D eigenvalue weighted by molar-refractivity contribution is 8.17. The number of nitrogens with two attached hydrogens (primary N) is 1. The van der Waals surface area contributed by atoms with Crippen LogP contribution in [0.5, 0.6) is 5.75 Å². The molecule has 7 nitrogen and oxygen atoms in total. The monoisotopic (exact) mass is 508 g/mol. The number of nitrogens with zero attached hydrogens (tertiary/aromatic N) is 3. The maximum atomic E-state index is 13.4. The van der Waals surface area contributed by atoms with E-state index in [0.717, 1.165) is 16.7 Å². The molecule has 0 saturated carbocycles. The Morgan fingerprint density at radius 3 is 2.38 bits per heavy atom. The fourth-order valence-corrected chi connectivity index (χ4v) is 5.13. The Morgan fingerprint density at radius 1 is 1.05 bits per heavy atom. The average molecular weight is 509 g/mol. The number of hydrogen-bond donors (Lipinski definition) is 1. The molecule has 0 aromatic heterocycles. The molecule has 3 aromatic rings. The summed E-state index contributed by atoms with van der Waals surface area (Å²) in [5, 5.41) is 10.2. The molecule has 0 radical (unpaired) electrons. The summed E-state index contributed by atoms with van der Waals surface area (Å²) in [4.78, 5) is 20.3. The summed E-state index contributed by atoms with van der Waals surface area (Å²) in [7, 11) is 0. The molecule has 0 spiro atoms. The summed E-state index contributed by atoms with van der Waals surface area (Å²) in [6.45, 7) is 2.42. The third kappa shape index (κ3) is 4.82. The van der Waals surface area contributed by atoms with E-state index in [2.05, 4.69) is 6.07 Å². The number of rotatable bonds is 7. The van der Waals surface area contributed by atoms with E-state index in [1.807, 2.05) is 84.9 Å². The highest BCUT2D eigenvalue weighted by Crippen LogP contribution is 2.47. The number of hydrogen-bond acceptors (Lipinski definition) is 8. The smallest absolute Gasteiger partial charge is 0.338 e. The van der Waals surface area contributed by atoms with Crippen LogP contribution in [0.25, 0.3) is 5.70 Å². The molecule has 1 atom stereocenters. The van der Waals surface area contributed by atoms with Crippen LogP contribution in [-0.2, 0) is 16.1 Å². The number of aliphatic imine (C=N–C) groups is 1. The van der Waals surface area contributed by atoms with E-state index in [9.17, 15) is 10.1 Å². The van der Waals surface area contributed by atoms with E-state index in [1.54, 1.807) is 11.8 Å². The number of carbonyl (C=O) groups is 1. The van der Waals surface area contributed by atoms with Crippen LogP contribution in [0, 0.1) is 11.3 Å².